The summed E-state index contributed by atoms with van der Waals surface area (Å²) in [6, 6.07) is 6.58. The Morgan fingerprint density at radius 2 is 2.00 bits per heavy atom. The van der Waals surface area contributed by atoms with Crippen molar-refractivity contribution >= 4 is 31.9 Å². The quantitative estimate of drug-likeness (QED) is 0.832. The van der Waals surface area contributed by atoms with E-state index in [0.29, 0.717) is 0 Å². The highest BCUT2D eigenvalue weighted by atomic mass is 79.9. The van der Waals surface area contributed by atoms with Crippen LogP contribution in [0.2, 0.25) is 0 Å². The third kappa shape index (κ3) is 3.19. The highest BCUT2D eigenvalue weighted by Gasteiger charge is 2.21. The Labute approximate surface area is 119 Å². The maximum absolute atomic E-state index is 3.99. The van der Waals surface area contributed by atoms with E-state index in [1.165, 1.54) is 5.56 Å². The molecule has 1 saturated heterocycles. The smallest absolute Gasteiger partial charge is 0.0541 e. The predicted molar refractivity (Wildman–Crippen MR) is 79.2 cm³/mol. The zero-order valence-electron chi connectivity index (χ0n) is 9.63. The van der Waals surface area contributed by atoms with Gasteiger partial charge in [0.25, 0.3) is 0 Å². The number of nitrogens with one attached hydrogen (secondary N) is 1. The molecule has 0 saturated carbocycles. The molecule has 1 heterocycles. The van der Waals surface area contributed by atoms with Crippen LogP contribution < -0.4 is 5.32 Å². The second-order valence-corrected chi connectivity index (χ2v) is 5.90. The van der Waals surface area contributed by atoms with E-state index in [-0.39, 0.29) is 6.04 Å². The molecular weight excluding hydrogens is 344 g/mol. The fraction of sp³-hybridized carbons (Fsp3) is 0.385. The van der Waals surface area contributed by atoms with Gasteiger partial charge in [0.05, 0.1) is 6.04 Å². The molecule has 17 heavy (non-hydrogen) atoms. The summed E-state index contributed by atoms with van der Waals surface area (Å²) in [5.74, 6) is 0. The van der Waals surface area contributed by atoms with Gasteiger partial charge in [0.2, 0.25) is 0 Å². The fourth-order valence-electron chi connectivity index (χ4n) is 2.17. The van der Waals surface area contributed by atoms with E-state index in [1.54, 1.807) is 0 Å². The van der Waals surface area contributed by atoms with Gasteiger partial charge in [0, 0.05) is 35.1 Å². The van der Waals surface area contributed by atoms with E-state index in [1.807, 2.05) is 12.1 Å². The Kier molecular flexibility index (Phi) is 4.79. The number of nitrogens with zero attached hydrogens (tertiary/aromatic N) is 1. The Morgan fingerprint density at radius 3 is 2.65 bits per heavy atom. The molecule has 0 radical (unpaired) electrons. The van der Waals surface area contributed by atoms with E-state index >= 15 is 0 Å². The average molecular weight is 360 g/mol. The van der Waals surface area contributed by atoms with Crippen LogP contribution in [-0.4, -0.2) is 31.1 Å². The molecule has 1 fully saturated rings. The van der Waals surface area contributed by atoms with Crippen LogP contribution in [0.3, 0.4) is 0 Å². The molecule has 1 aromatic carbocycles. The summed E-state index contributed by atoms with van der Waals surface area (Å²) in [6.07, 6.45) is 2.03. The van der Waals surface area contributed by atoms with Crippen LogP contribution in [-0.2, 0) is 0 Å². The summed E-state index contributed by atoms with van der Waals surface area (Å²) < 4.78 is 2.25. The van der Waals surface area contributed by atoms with E-state index in [9.17, 15) is 0 Å². The summed E-state index contributed by atoms with van der Waals surface area (Å²) in [5, 5.41) is 3.37. The third-order valence-corrected chi connectivity index (χ3v) is 4.26. The van der Waals surface area contributed by atoms with Gasteiger partial charge in [-0.25, -0.2) is 0 Å². The normalized spacial score (nSPS) is 18.9. The van der Waals surface area contributed by atoms with Gasteiger partial charge in [-0.2, -0.15) is 0 Å². The summed E-state index contributed by atoms with van der Waals surface area (Å²) >= 11 is 7.16. The molecule has 0 spiro atoms. The van der Waals surface area contributed by atoms with Crippen molar-refractivity contribution in [2.45, 2.75) is 6.04 Å². The summed E-state index contributed by atoms with van der Waals surface area (Å²) in [6.45, 7) is 8.22. The van der Waals surface area contributed by atoms with Gasteiger partial charge < -0.3 is 5.32 Å². The van der Waals surface area contributed by atoms with Crippen molar-refractivity contribution in [3.05, 3.63) is 45.4 Å². The molecule has 0 amide bonds. The Bertz CT molecular complexity index is 400. The van der Waals surface area contributed by atoms with Crippen LogP contribution in [0.5, 0.6) is 0 Å². The van der Waals surface area contributed by atoms with Gasteiger partial charge in [-0.1, -0.05) is 37.9 Å². The highest BCUT2D eigenvalue weighted by molar-refractivity contribution is 9.11. The number of benzene rings is 1. The van der Waals surface area contributed by atoms with E-state index in [2.05, 4.69) is 60.8 Å². The number of hydrogen-bond donors (Lipinski definition) is 1. The van der Waals surface area contributed by atoms with Crippen molar-refractivity contribution in [2.75, 3.05) is 26.2 Å². The van der Waals surface area contributed by atoms with Gasteiger partial charge in [-0.15, -0.1) is 6.58 Å². The zero-order chi connectivity index (χ0) is 12.3. The van der Waals surface area contributed by atoms with E-state index < -0.39 is 0 Å². The third-order valence-electron chi connectivity index (χ3n) is 3.04. The fourth-order valence-corrected chi connectivity index (χ4v) is 3.03. The molecular formula is C13H16Br2N2. The topological polar surface area (TPSA) is 15.3 Å². The van der Waals surface area contributed by atoms with Crippen LogP contribution in [0.25, 0.3) is 0 Å². The monoisotopic (exact) mass is 358 g/mol. The molecule has 2 nitrogen and oxygen atoms in total. The second-order valence-electron chi connectivity index (χ2n) is 4.13. The second kappa shape index (κ2) is 6.14. The Morgan fingerprint density at radius 1 is 1.29 bits per heavy atom. The van der Waals surface area contributed by atoms with Gasteiger partial charge in [0.1, 0.15) is 0 Å². The molecule has 0 bridgehead atoms. The van der Waals surface area contributed by atoms with Crippen molar-refractivity contribution in [3.63, 3.8) is 0 Å². The van der Waals surface area contributed by atoms with E-state index in [4.69, 9.17) is 0 Å². The lowest BCUT2D eigenvalue weighted by Gasteiger charge is -2.34. The molecule has 92 valence electrons. The van der Waals surface area contributed by atoms with Gasteiger partial charge >= 0.3 is 0 Å². The minimum atomic E-state index is 0.281. The lowest BCUT2D eigenvalue weighted by molar-refractivity contribution is 0.203. The molecule has 1 aliphatic heterocycles. The first-order chi connectivity index (χ1) is 8.22. The van der Waals surface area contributed by atoms with Crippen molar-refractivity contribution in [1.29, 1.82) is 0 Å². The largest absolute Gasteiger partial charge is 0.314 e. The standard InChI is InChI=1S/C13H16Br2N2/c1-2-13(17-7-5-16-6-8-17)11-9-10(14)3-4-12(11)15/h2-4,9,13,16H,1,5-8H2/t13-/m0/s1. The van der Waals surface area contributed by atoms with Crippen molar-refractivity contribution < 1.29 is 0 Å². The highest BCUT2D eigenvalue weighted by Crippen LogP contribution is 2.31. The maximum atomic E-state index is 3.99. The molecule has 0 aliphatic carbocycles. The minimum Gasteiger partial charge on any atom is -0.314 e. The lowest BCUT2D eigenvalue weighted by Crippen LogP contribution is -2.44. The van der Waals surface area contributed by atoms with Gasteiger partial charge in [0.15, 0.2) is 0 Å². The van der Waals surface area contributed by atoms with Crippen LogP contribution in [0.15, 0.2) is 39.8 Å². The molecule has 0 unspecified atom stereocenters. The first-order valence-corrected chi connectivity index (χ1v) is 7.33. The van der Waals surface area contributed by atoms with Crippen LogP contribution in [0.4, 0.5) is 0 Å². The predicted octanol–water partition coefficient (Wildman–Crippen LogP) is 3.34. The van der Waals surface area contributed by atoms with Crippen LogP contribution >= 0.6 is 31.9 Å². The zero-order valence-corrected chi connectivity index (χ0v) is 12.8. The summed E-state index contributed by atoms with van der Waals surface area (Å²) in [4.78, 5) is 2.45. The maximum Gasteiger partial charge on any atom is 0.0541 e. The van der Waals surface area contributed by atoms with Crippen molar-refractivity contribution in [2.24, 2.45) is 0 Å². The first-order valence-electron chi connectivity index (χ1n) is 5.74. The SMILES string of the molecule is C=C[C@@H](c1cc(Br)ccc1Br)N1CCNCC1. The molecule has 0 aromatic heterocycles. The van der Waals surface area contributed by atoms with E-state index in [0.717, 1.165) is 35.1 Å². The van der Waals surface area contributed by atoms with Crippen LogP contribution in [0, 0.1) is 0 Å². The Balaban J connectivity index is 2.27. The minimum absolute atomic E-state index is 0.281. The first kappa shape index (κ1) is 13.3. The Hall–Kier alpha value is -0.160. The number of hydrogen-bond acceptors (Lipinski definition) is 2. The molecule has 1 N–H and O–H groups in total. The number of halogens is 2. The van der Waals surface area contributed by atoms with Crippen LogP contribution in [0.1, 0.15) is 11.6 Å². The van der Waals surface area contributed by atoms with Gasteiger partial charge in [-0.3, -0.25) is 4.90 Å². The van der Waals surface area contributed by atoms with Gasteiger partial charge in [-0.05, 0) is 23.8 Å². The summed E-state index contributed by atoms with van der Waals surface area (Å²) in [7, 11) is 0. The summed E-state index contributed by atoms with van der Waals surface area (Å²) in [5.41, 5.74) is 1.27. The molecule has 1 aromatic rings. The van der Waals surface area contributed by atoms with Crippen molar-refractivity contribution in [1.82, 2.24) is 10.2 Å². The molecule has 2 rings (SSSR count). The molecule has 4 heteroatoms. The number of piperazine rings is 1. The molecule has 1 aliphatic rings. The molecule has 1 atom stereocenters. The average Bonchev–Trinajstić information content (AvgIpc) is 2.36. The van der Waals surface area contributed by atoms with Crippen molar-refractivity contribution in [3.8, 4) is 0 Å². The lowest BCUT2D eigenvalue weighted by atomic mass is 10.0. The number of rotatable bonds is 3.